The molecule has 1 nitrogen and oxygen atoms in total. The first-order chi connectivity index (χ1) is 7.50. The second-order valence-electron chi connectivity index (χ2n) is 5.76. The van der Waals surface area contributed by atoms with E-state index in [2.05, 4.69) is 39.0 Å². The van der Waals surface area contributed by atoms with Gasteiger partial charge in [-0.3, -0.25) is 0 Å². The summed E-state index contributed by atoms with van der Waals surface area (Å²) in [6.45, 7) is 6.72. The van der Waals surface area contributed by atoms with Crippen molar-refractivity contribution in [3.63, 3.8) is 0 Å². The molecule has 1 aromatic carbocycles. The summed E-state index contributed by atoms with van der Waals surface area (Å²) in [6, 6.07) is 6.53. The van der Waals surface area contributed by atoms with Crippen molar-refractivity contribution in [2.45, 2.75) is 52.0 Å². The van der Waals surface area contributed by atoms with E-state index in [4.69, 9.17) is 5.73 Å². The lowest BCUT2D eigenvalue weighted by Crippen LogP contribution is -2.39. The lowest BCUT2D eigenvalue weighted by Gasteiger charge is -2.26. The van der Waals surface area contributed by atoms with Gasteiger partial charge in [0, 0.05) is 5.54 Å². The summed E-state index contributed by atoms with van der Waals surface area (Å²) in [5.41, 5.74) is 10.8. The molecule has 0 amide bonds. The molecule has 2 unspecified atom stereocenters. The van der Waals surface area contributed by atoms with E-state index < -0.39 is 0 Å². The van der Waals surface area contributed by atoms with Gasteiger partial charge in [-0.2, -0.15) is 0 Å². The summed E-state index contributed by atoms with van der Waals surface area (Å²) in [7, 11) is 0. The zero-order chi connectivity index (χ0) is 11.8. The van der Waals surface area contributed by atoms with Gasteiger partial charge in [0.15, 0.2) is 0 Å². The molecule has 1 heteroatoms. The number of nitrogens with two attached hydrogens (primary N) is 1. The molecule has 16 heavy (non-hydrogen) atoms. The molecule has 2 N–H and O–H groups in total. The van der Waals surface area contributed by atoms with Gasteiger partial charge in [-0.1, -0.05) is 25.1 Å². The number of aryl methyl sites for hydroxylation is 2. The Labute approximate surface area is 99.0 Å². The fourth-order valence-corrected chi connectivity index (χ4v) is 3.07. The highest BCUT2D eigenvalue weighted by atomic mass is 14.8. The molecule has 0 heterocycles. The Morgan fingerprint density at radius 2 is 1.94 bits per heavy atom. The van der Waals surface area contributed by atoms with E-state index in [-0.39, 0.29) is 5.54 Å². The number of hydrogen-bond donors (Lipinski definition) is 1. The number of benzene rings is 1. The average Bonchev–Trinajstić information content (AvgIpc) is 2.53. The fraction of sp³-hybridized carbons (Fsp3) is 0.600. The second-order valence-corrected chi connectivity index (χ2v) is 5.76. The van der Waals surface area contributed by atoms with Crippen molar-refractivity contribution in [3.05, 3.63) is 34.9 Å². The Morgan fingerprint density at radius 1 is 1.31 bits per heavy atom. The molecule has 0 radical (unpaired) electrons. The molecule has 0 aliphatic heterocycles. The van der Waals surface area contributed by atoms with E-state index >= 15 is 0 Å². The van der Waals surface area contributed by atoms with Gasteiger partial charge in [-0.15, -0.1) is 0 Å². The maximum atomic E-state index is 6.52. The average molecular weight is 217 g/mol. The highest BCUT2D eigenvalue weighted by Crippen LogP contribution is 2.35. The van der Waals surface area contributed by atoms with Crippen LogP contribution in [0.5, 0.6) is 0 Å². The molecular weight excluding hydrogens is 194 g/mol. The summed E-state index contributed by atoms with van der Waals surface area (Å²) in [5.74, 6) is 0.800. The zero-order valence-corrected chi connectivity index (χ0v) is 10.7. The normalized spacial score (nSPS) is 29.6. The van der Waals surface area contributed by atoms with E-state index in [1.165, 1.54) is 36.0 Å². The van der Waals surface area contributed by atoms with Gasteiger partial charge < -0.3 is 5.73 Å². The second kappa shape index (κ2) is 4.21. The van der Waals surface area contributed by atoms with Crippen molar-refractivity contribution < 1.29 is 0 Å². The summed E-state index contributed by atoms with van der Waals surface area (Å²) in [6.07, 6.45) is 4.71. The lowest BCUT2D eigenvalue weighted by atomic mass is 9.86. The van der Waals surface area contributed by atoms with E-state index in [0.29, 0.717) is 0 Å². The predicted octanol–water partition coefficient (Wildman–Crippen LogP) is 3.36. The van der Waals surface area contributed by atoms with Crippen LogP contribution in [-0.4, -0.2) is 5.54 Å². The molecular formula is C15H23N. The van der Waals surface area contributed by atoms with Crippen molar-refractivity contribution in [3.8, 4) is 0 Å². The standard InChI is InChI=1S/C15H23N/c1-11-7-8-15(16,9-11)10-14-12(2)5-4-6-13(14)3/h4-6,11H,7-10,16H2,1-3H3. The van der Waals surface area contributed by atoms with Crippen molar-refractivity contribution in [2.24, 2.45) is 11.7 Å². The Kier molecular flexibility index (Phi) is 3.07. The third-order valence-electron chi connectivity index (χ3n) is 4.06. The van der Waals surface area contributed by atoms with Crippen LogP contribution in [0.3, 0.4) is 0 Å². The molecule has 1 saturated carbocycles. The van der Waals surface area contributed by atoms with Crippen LogP contribution in [0, 0.1) is 19.8 Å². The van der Waals surface area contributed by atoms with Gasteiger partial charge in [0.2, 0.25) is 0 Å². The molecule has 0 aromatic heterocycles. The molecule has 2 atom stereocenters. The van der Waals surface area contributed by atoms with Crippen molar-refractivity contribution in [2.75, 3.05) is 0 Å². The third-order valence-corrected chi connectivity index (χ3v) is 4.06. The Hall–Kier alpha value is -0.820. The third kappa shape index (κ3) is 2.30. The van der Waals surface area contributed by atoms with E-state index in [9.17, 15) is 0 Å². The highest BCUT2D eigenvalue weighted by molar-refractivity contribution is 5.35. The van der Waals surface area contributed by atoms with Gasteiger partial charge in [-0.25, -0.2) is 0 Å². The Bertz CT molecular complexity index is 363. The molecule has 1 aromatic rings. The maximum Gasteiger partial charge on any atom is 0.0197 e. The largest absolute Gasteiger partial charge is 0.325 e. The SMILES string of the molecule is Cc1cccc(C)c1CC1(N)CCC(C)C1. The molecule has 0 spiro atoms. The van der Waals surface area contributed by atoms with Gasteiger partial charge in [-0.05, 0) is 62.1 Å². The van der Waals surface area contributed by atoms with E-state index in [1.54, 1.807) is 0 Å². The first kappa shape index (κ1) is 11.7. The van der Waals surface area contributed by atoms with Crippen LogP contribution in [0.1, 0.15) is 42.9 Å². The molecule has 88 valence electrons. The van der Waals surface area contributed by atoms with Crippen LogP contribution in [0.15, 0.2) is 18.2 Å². The van der Waals surface area contributed by atoms with Gasteiger partial charge in [0.1, 0.15) is 0 Å². The van der Waals surface area contributed by atoms with E-state index in [0.717, 1.165) is 12.3 Å². The smallest absolute Gasteiger partial charge is 0.0197 e. The molecule has 0 saturated heterocycles. The fourth-order valence-electron chi connectivity index (χ4n) is 3.07. The summed E-state index contributed by atoms with van der Waals surface area (Å²) >= 11 is 0. The number of rotatable bonds is 2. The molecule has 1 fully saturated rings. The topological polar surface area (TPSA) is 26.0 Å². The molecule has 2 rings (SSSR count). The predicted molar refractivity (Wildman–Crippen MR) is 69.6 cm³/mol. The minimum atomic E-state index is 0.0519. The van der Waals surface area contributed by atoms with Crippen LogP contribution >= 0.6 is 0 Å². The van der Waals surface area contributed by atoms with Crippen LogP contribution in [0.25, 0.3) is 0 Å². The van der Waals surface area contributed by atoms with E-state index in [1.807, 2.05) is 0 Å². The van der Waals surface area contributed by atoms with Crippen LogP contribution in [-0.2, 0) is 6.42 Å². The van der Waals surface area contributed by atoms with Crippen molar-refractivity contribution in [1.29, 1.82) is 0 Å². The molecule has 0 bridgehead atoms. The minimum absolute atomic E-state index is 0.0519. The minimum Gasteiger partial charge on any atom is -0.325 e. The Balaban J connectivity index is 2.21. The zero-order valence-electron chi connectivity index (χ0n) is 10.7. The van der Waals surface area contributed by atoms with Crippen LogP contribution < -0.4 is 5.73 Å². The summed E-state index contributed by atoms with van der Waals surface area (Å²) in [5, 5.41) is 0. The summed E-state index contributed by atoms with van der Waals surface area (Å²) < 4.78 is 0. The van der Waals surface area contributed by atoms with Gasteiger partial charge in [0.25, 0.3) is 0 Å². The van der Waals surface area contributed by atoms with Crippen molar-refractivity contribution in [1.82, 2.24) is 0 Å². The first-order valence-electron chi connectivity index (χ1n) is 6.34. The summed E-state index contributed by atoms with van der Waals surface area (Å²) in [4.78, 5) is 0. The molecule has 1 aliphatic carbocycles. The van der Waals surface area contributed by atoms with Crippen LogP contribution in [0.2, 0.25) is 0 Å². The maximum absolute atomic E-state index is 6.52. The van der Waals surface area contributed by atoms with Gasteiger partial charge in [0.05, 0.1) is 0 Å². The lowest BCUT2D eigenvalue weighted by molar-refractivity contribution is 0.418. The highest BCUT2D eigenvalue weighted by Gasteiger charge is 2.34. The molecule has 1 aliphatic rings. The quantitative estimate of drug-likeness (QED) is 0.807. The van der Waals surface area contributed by atoms with Crippen molar-refractivity contribution >= 4 is 0 Å². The first-order valence-corrected chi connectivity index (χ1v) is 6.34. The Morgan fingerprint density at radius 3 is 2.44 bits per heavy atom. The van der Waals surface area contributed by atoms with Crippen LogP contribution in [0.4, 0.5) is 0 Å². The monoisotopic (exact) mass is 217 g/mol. The van der Waals surface area contributed by atoms with Gasteiger partial charge >= 0.3 is 0 Å². The number of hydrogen-bond acceptors (Lipinski definition) is 1.